The topological polar surface area (TPSA) is 84.9 Å². The van der Waals surface area contributed by atoms with E-state index in [1.807, 2.05) is 12.1 Å². The van der Waals surface area contributed by atoms with Crippen molar-refractivity contribution in [3.05, 3.63) is 71.5 Å². The number of hydrogen-bond acceptors (Lipinski definition) is 5. The van der Waals surface area contributed by atoms with Crippen molar-refractivity contribution in [2.24, 2.45) is 0 Å². The summed E-state index contributed by atoms with van der Waals surface area (Å²) in [4.78, 5) is 13.4. The Kier molecular flexibility index (Phi) is 5.56. The third-order valence-electron chi connectivity index (χ3n) is 6.60. The van der Waals surface area contributed by atoms with Gasteiger partial charge < -0.3 is 14.8 Å². The summed E-state index contributed by atoms with van der Waals surface area (Å²) in [6.07, 6.45) is 1.28. The number of hydrogen-bond donors (Lipinski definition) is 1. The minimum absolute atomic E-state index is 0.0449. The van der Waals surface area contributed by atoms with Crippen LogP contribution in [0.25, 0.3) is 11.1 Å². The molecule has 0 bridgehead atoms. The van der Waals surface area contributed by atoms with Crippen molar-refractivity contribution >= 4 is 21.6 Å². The van der Waals surface area contributed by atoms with Crippen LogP contribution in [0.15, 0.2) is 59.5 Å². The molecule has 0 atom stereocenters. The number of carbonyl (C=O) groups excluding carboxylic acids is 1. The lowest BCUT2D eigenvalue weighted by Crippen LogP contribution is -2.28. The van der Waals surface area contributed by atoms with E-state index in [2.05, 4.69) is 5.32 Å². The molecule has 0 radical (unpaired) electrons. The third-order valence-corrected chi connectivity index (χ3v) is 8.41. The molecule has 35 heavy (non-hydrogen) atoms. The van der Waals surface area contributed by atoms with Crippen LogP contribution in [-0.4, -0.2) is 39.5 Å². The van der Waals surface area contributed by atoms with Crippen molar-refractivity contribution in [2.75, 3.05) is 26.2 Å². The summed E-state index contributed by atoms with van der Waals surface area (Å²) in [6, 6.07) is 14.8. The summed E-state index contributed by atoms with van der Waals surface area (Å²) in [5, 5.41) is 2.77. The van der Waals surface area contributed by atoms with Crippen LogP contribution in [0.3, 0.4) is 0 Å². The number of ether oxygens (including phenoxy) is 2. The lowest BCUT2D eigenvalue weighted by molar-refractivity contribution is -0.118. The molecule has 7 nitrogen and oxygen atoms in total. The summed E-state index contributed by atoms with van der Waals surface area (Å²) < 4.78 is 52.0. The maximum absolute atomic E-state index is 14.9. The Balaban J connectivity index is 1.46. The molecule has 0 spiro atoms. The first-order chi connectivity index (χ1) is 16.6. The number of carbonyl (C=O) groups is 1. The van der Waals surface area contributed by atoms with Gasteiger partial charge in [0.15, 0.2) is 11.5 Å². The molecule has 1 aliphatic heterocycles. The fraction of sp³-hybridized carbons (Fsp3) is 0.269. The molecule has 2 aliphatic rings. The highest BCUT2D eigenvalue weighted by Gasteiger charge is 2.51. The molecular formula is C26H25FN2O5S. The lowest BCUT2D eigenvalue weighted by Gasteiger charge is -2.18. The Labute approximate surface area is 203 Å². The summed E-state index contributed by atoms with van der Waals surface area (Å²) in [5.41, 5.74) is 1.95. The number of nitrogens with zero attached hydrogens (tertiary/aromatic N) is 1. The molecule has 182 valence electrons. The molecule has 9 heteroatoms. The lowest BCUT2D eigenvalue weighted by atomic mass is 9.94. The summed E-state index contributed by atoms with van der Waals surface area (Å²) >= 11 is 0. The molecule has 3 aromatic rings. The molecule has 1 heterocycles. The van der Waals surface area contributed by atoms with Gasteiger partial charge in [-0.05, 0) is 78.4 Å². The van der Waals surface area contributed by atoms with E-state index in [-0.39, 0.29) is 23.3 Å². The molecule has 3 aromatic carbocycles. The summed E-state index contributed by atoms with van der Waals surface area (Å²) in [5.74, 6) is 0.378. The van der Waals surface area contributed by atoms with Crippen LogP contribution in [-0.2, 0) is 20.2 Å². The smallest absolute Gasteiger partial charge is 0.242 e. The van der Waals surface area contributed by atoms with Gasteiger partial charge in [0.25, 0.3) is 0 Å². The summed E-state index contributed by atoms with van der Waals surface area (Å²) in [7, 11) is -0.703. The van der Waals surface area contributed by atoms with Crippen molar-refractivity contribution in [1.29, 1.82) is 0 Å². The minimum Gasteiger partial charge on any atom is -0.454 e. The predicted octanol–water partition coefficient (Wildman–Crippen LogP) is 4.45. The van der Waals surface area contributed by atoms with Gasteiger partial charge in [0, 0.05) is 14.1 Å². The van der Waals surface area contributed by atoms with Crippen molar-refractivity contribution in [1.82, 2.24) is 4.31 Å². The molecule has 1 fully saturated rings. The van der Waals surface area contributed by atoms with Crippen LogP contribution in [0.2, 0.25) is 0 Å². The number of anilines is 1. The van der Waals surface area contributed by atoms with E-state index in [1.165, 1.54) is 26.2 Å². The molecule has 1 aliphatic carbocycles. The first kappa shape index (κ1) is 23.3. The van der Waals surface area contributed by atoms with Crippen molar-refractivity contribution in [3.63, 3.8) is 0 Å². The molecule has 0 unspecified atom stereocenters. The Morgan fingerprint density at radius 2 is 1.77 bits per heavy atom. The monoisotopic (exact) mass is 496 g/mol. The first-order valence-electron chi connectivity index (χ1n) is 11.2. The Hall–Kier alpha value is -3.43. The SMILES string of the molecule is Cc1cc(F)c(NC(=O)C2(c3ccc4c(c3)OCO4)CC2)cc1-c1cccc(S(=O)(=O)N(C)C)c1. The predicted molar refractivity (Wildman–Crippen MR) is 130 cm³/mol. The standard InChI is InChI=1S/C26H25FN2O5S/c1-16-11-21(27)22(14-20(16)17-5-4-6-19(12-17)35(31,32)29(2)3)28-25(30)26(9-10-26)18-7-8-23-24(13-18)34-15-33-23/h4-8,11-14H,9-10,15H2,1-3H3,(H,28,30). The Morgan fingerprint density at radius 3 is 2.49 bits per heavy atom. The second-order valence-electron chi connectivity index (χ2n) is 9.07. The third kappa shape index (κ3) is 4.04. The average Bonchev–Trinajstić information content (AvgIpc) is 3.51. The van der Waals surface area contributed by atoms with Crippen LogP contribution < -0.4 is 14.8 Å². The van der Waals surface area contributed by atoms with Gasteiger partial charge in [-0.15, -0.1) is 0 Å². The van der Waals surface area contributed by atoms with Gasteiger partial charge in [0.05, 0.1) is 16.0 Å². The Morgan fingerprint density at radius 1 is 1.03 bits per heavy atom. The quantitative estimate of drug-likeness (QED) is 0.545. The number of aryl methyl sites for hydroxylation is 1. The number of amides is 1. The maximum Gasteiger partial charge on any atom is 0.242 e. The maximum atomic E-state index is 14.9. The van der Waals surface area contributed by atoms with E-state index in [0.29, 0.717) is 41.0 Å². The number of fused-ring (bicyclic) bond motifs is 1. The fourth-order valence-corrected chi connectivity index (χ4v) is 5.27. The highest BCUT2D eigenvalue weighted by Crippen LogP contribution is 2.51. The van der Waals surface area contributed by atoms with Crippen LogP contribution in [0.1, 0.15) is 24.0 Å². The highest BCUT2D eigenvalue weighted by molar-refractivity contribution is 7.89. The van der Waals surface area contributed by atoms with Crippen LogP contribution in [0, 0.1) is 12.7 Å². The Bertz CT molecular complexity index is 1450. The molecule has 5 rings (SSSR count). The van der Waals surface area contributed by atoms with Crippen LogP contribution in [0.4, 0.5) is 10.1 Å². The van der Waals surface area contributed by atoms with Gasteiger partial charge >= 0.3 is 0 Å². The van der Waals surface area contributed by atoms with Gasteiger partial charge in [-0.1, -0.05) is 18.2 Å². The number of nitrogens with one attached hydrogen (secondary N) is 1. The van der Waals surface area contributed by atoms with Gasteiger partial charge in [0.1, 0.15) is 5.82 Å². The number of benzene rings is 3. The molecular weight excluding hydrogens is 471 g/mol. The normalized spacial score (nSPS) is 15.8. The number of rotatable bonds is 6. The first-order valence-corrected chi connectivity index (χ1v) is 12.6. The number of halogens is 1. The zero-order chi connectivity index (χ0) is 25.0. The van der Waals surface area contributed by atoms with E-state index in [9.17, 15) is 17.6 Å². The second kappa shape index (κ2) is 8.35. The fourth-order valence-electron chi connectivity index (χ4n) is 4.32. The van der Waals surface area contributed by atoms with Gasteiger partial charge in [0.2, 0.25) is 22.7 Å². The van der Waals surface area contributed by atoms with E-state index in [0.717, 1.165) is 9.87 Å². The minimum atomic E-state index is -3.63. The van der Waals surface area contributed by atoms with Crippen LogP contribution in [0.5, 0.6) is 11.5 Å². The zero-order valence-electron chi connectivity index (χ0n) is 19.6. The van der Waals surface area contributed by atoms with E-state index < -0.39 is 21.3 Å². The molecule has 0 saturated heterocycles. The van der Waals surface area contributed by atoms with Gasteiger partial charge in [-0.3, -0.25) is 4.79 Å². The van der Waals surface area contributed by atoms with Gasteiger partial charge in [-0.2, -0.15) is 0 Å². The van der Waals surface area contributed by atoms with Crippen molar-refractivity contribution in [2.45, 2.75) is 30.1 Å². The largest absolute Gasteiger partial charge is 0.454 e. The summed E-state index contributed by atoms with van der Waals surface area (Å²) in [6.45, 7) is 1.89. The molecule has 0 aromatic heterocycles. The van der Waals surface area contributed by atoms with Crippen molar-refractivity contribution in [3.8, 4) is 22.6 Å². The van der Waals surface area contributed by atoms with E-state index >= 15 is 0 Å². The number of sulfonamides is 1. The van der Waals surface area contributed by atoms with Gasteiger partial charge in [-0.25, -0.2) is 17.1 Å². The highest BCUT2D eigenvalue weighted by atomic mass is 32.2. The van der Waals surface area contributed by atoms with Crippen LogP contribution >= 0.6 is 0 Å². The van der Waals surface area contributed by atoms with E-state index in [1.54, 1.807) is 37.3 Å². The zero-order valence-corrected chi connectivity index (χ0v) is 20.4. The van der Waals surface area contributed by atoms with Crippen molar-refractivity contribution < 1.29 is 27.1 Å². The van der Waals surface area contributed by atoms with E-state index in [4.69, 9.17) is 9.47 Å². The molecule has 1 N–H and O–H groups in total. The average molecular weight is 497 g/mol. The molecule has 1 saturated carbocycles. The molecule has 1 amide bonds. The second-order valence-corrected chi connectivity index (χ2v) is 11.2.